The normalized spacial score (nSPS) is 13.4. The van der Waals surface area contributed by atoms with Gasteiger partial charge < -0.3 is 14.7 Å². The van der Waals surface area contributed by atoms with Gasteiger partial charge in [-0.25, -0.2) is 0 Å². The minimum atomic E-state index is -1.15. The summed E-state index contributed by atoms with van der Waals surface area (Å²) in [5.41, 5.74) is 0.448. The lowest BCUT2D eigenvalue weighted by Crippen LogP contribution is -2.17. The monoisotopic (exact) mass is 316 g/mol. The van der Waals surface area contributed by atoms with E-state index in [0.29, 0.717) is 18.8 Å². The SMILES string of the molecule is C=CC(C)(O)c1cn(CCCOc2cccc(N(C)C)c2)nn1. The highest BCUT2D eigenvalue weighted by atomic mass is 16.5. The molecular formula is C17H24N4O2. The van der Waals surface area contributed by atoms with Crippen molar-refractivity contribution >= 4 is 5.69 Å². The van der Waals surface area contributed by atoms with Gasteiger partial charge in [-0.05, 0) is 19.1 Å². The third-order valence-corrected chi connectivity index (χ3v) is 3.59. The topological polar surface area (TPSA) is 63.4 Å². The highest BCUT2D eigenvalue weighted by Gasteiger charge is 2.22. The van der Waals surface area contributed by atoms with Gasteiger partial charge in [0.25, 0.3) is 0 Å². The van der Waals surface area contributed by atoms with Crippen LogP contribution in [0.5, 0.6) is 5.75 Å². The molecule has 0 bridgehead atoms. The lowest BCUT2D eigenvalue weighted by Gasteiger charge is -2.14. The molecule has 0 spiro atoms. The number of hydrogen-bond donors (Lipinski definition) is 1. The zero-order chi connectivity index (χ0) is 16.9. The van der Waals surface area contributed by atoms with Crippen molar-refractivity contribution in [3.05, 3.63) is 48.8 Å². The number of aromatic nitrogens is 3. The second kappa shape index (κ2) is 7.28. The fourth-order valence-electron chi connectivity index (χ4n) is 2.01. The average Bonchev–Trinajstić information content (AvgIpc) is 3.01. The van der Waals surface area contributed by atoms with Crippen molar-refractivity contribution in [2.24, 2.45) is 0 Å². The molecule has 1 aromatic heterocycles. The summed E-state index contributed by atoms with van der Waals surface area (Å²) in [5, 5.41) is 18.0. The summed E-state index contributed by atoms with van der Waals surface area (Å²) in [6.45, 7) is 6.49. The molecule has 6 nitrogen and oxygen atoms in total. The van der Waals surface area contributed by atoms with E-state index < -0.39 is 5.60 Å². The van der Waals surface area contributed by atoms with Crippen LogP contribution in [0.3, 0.4) is 0 Å². The Morgan fingerprint density at radius 2 is 2.22 bits per heavy atom. The summed E-state index contributed by atoms with van der Waals surface area (Å²) in [4.78, 5) is 2.04. The zero-order valence-electron chi connectivity index (χ0n) is 13.9. The summed E-state index contributed by atoms with van der Waals surface area (Å²) in [6, 6.07) is 7.97. The molecule has 6 heteroatoms. The van der Waals surface area contributed by atoms with Crippen LogP contribution in [0.15, 0.2) is 43.1 Å². The standard InChI is InChI=1S/C17H24N4O2/c1-5-17(2,22)16-13-21(19-18-16)10-7-11-23-15-9-6-8-14(12-15)20(3)4/h5-6,8-9,12-13,22H,1,7,10-11H2,2-4H3. The van der Waals surface area contributed by atoms with Crippen LogP contribution in [-0.2, 0) is 12.1 Å². The highest BCUT2D eigenvalue weighted by molar-refractivity contribution is 5.49. The van der Waals surface area contributed by atoms with Gasteiger partial charge in [-0.2, -0.15) is 0 Å². The van der Waals surface area contributed by atoms with Crippen LogP contribution in [0.25, 0.3) is 0 Å². The van der Waals surface area contributed by atoms with Gasteiger partial charge in [0, 0.05) is 38.8 Å². The maximum absolute atomic E-state index is 10.0. The van der Waals surface area contributed by atoms with Crippen LogP contribution in [0.1, 0.15) is 19.0 Å². The van der Waals surface area contributed by atoms with E-state index in [0.717, 1.165) is 17.9 Å². The van der Waals surface area contributed by atoms with Gasteiger partial charge in [0.05, 0.1) is 12.8 Å². The largest absolute Gasteiger partial charge is 0.493 e. The molecule has 1 heterocycles. The van der Waals surface area contributed by atoms with E-state index in [-0.39, 0.29) is 0 Å². The van der Waals surface area contributed by atoms with E-state index in [9.17, 15) is 5.11 Å². The Hall–Kier alpha value is -2.34. The van der Waals surface area contributed by atoms with Crippen LogP contribution in [-0.4, -0.2) is 40.8 Å². The summed E-state index contributed by atoms with van der Waals surface area (Å²) < 4.78 is 7.46. The van der Waals surface area contributed by atoms with E-state index in [2.05, 4.69) is 16.9 Å². The van der Waals surface area contributed by atoms with Crippen LogP contribution < -0.4 is 9.64 Å². The number of rotatable bonds is 8. The van der Waals surface area contributed by atoms with Crippen molar-refractivity contribution in [1.82, 2.24) is 15.0 Å². The van der Waals surface area contributed by atoms with Crippen molar-refractivity contribution < 1.29 is 9.84 Å². The fraction of sp³-hybridized carbons (Fsp3) is 0.412. The lowest BCUT2D eigenvalue weighted by atomic mass is 10.0. The fourth-order valence-corrected chi connectivity index (χ4v) is 2.01. The van der Waals surface area contributed by atoms with Gasteiger partial charge >= 0.3 is 0 Å². The molecule has 0 aliphatic rings. The minimum absolute atomic E-state index is 0.493. The Kier molecular flexibility index (Phi) is 5.39. The molecule has 1 atom stereocenters. The van der Waals surface area contributed by atoms with Crippen LogP contribution in [0.4, 0.5) is 5.69 Å². The molecule has 0 aliphatic heterocycles. The molecule has 2 rings (SSSR count). The van der Waals surface area contributed by atoms with E-state index in [1.54, 1.807) is 17.8 Å². The number of aliphatic hydroxyl groups is 1. The van der Waals surface area contributed by atoms with Crippen molar-refractivity contribution in [2.75, 3.05) is 25.6 Å². The molecule has 124 valence electrons. The summed E-state index contributed by atoms with van der Waals surface area (Å²) in [7, 11) is 4.00. The van der Waals surface area contributed by atoms with Crippen molar-refractivity contribution in [1.29, 1.82) is 0 Å². The molecule has 1 aromatic carbocycles. The predicted molar refractivity (Wildman–Crippen MR) is 90.7 cm³/mol. The van der Waals surface area contributed by atoms with Crippen molar-refractivity contribution in [3.8, 4) is 5.75 Å². The van der Waals surface area contributed by atoms with Gasteiger partial charge in [0.15, 0.2) is 0 Å². The molecular weight excluding hydrogens is 292 g/mol. The first kappa shape index (κ1) is 17.0. The van der Waals surface area contributed by atoms with E-state index in [1.165, 1.54) is 6.08 Å². The second-order valence-electron chi connectivity index (χ2n) is 5.81. The minimum Gasteiger partial charge on any atom is -0.493 e. The molecule has 0 saturated carbocycles. The summed E-state index contributed by atoms with van der Waals surface area (Å²) >= 11 is 0. The number of aryl methyl sites for hydroxylation is 1. The summed E-state index contributed by atoms with van der Waals surface area (Å²) in [5.74, 6) is 0.852. The van der Waals surface area contributed by atoms with Gasteiger partial charge in [0.2, 0.25) is 0 Å². The zero-order valence-corrected chi connectivity index (χ0v) is 13.9. The third kappa shape index (κ3) is 4.56. The number of ether oxygens (including phenoxy) is 1. The third-order valence-electron chi connectivity index (χ3n) is 3.59. The molecule has 23 heavy (non-hydrogen) atoms. The van der Waals surface area contributed by atoms with Gasteiger partial charge in [-0.3, -0.25) is 4.68 Å². The van der Waals surface area contributed by atoms with Crippen LogP contribution in [0.2, 0.25) is 0 Å². The molecule has 1 N–H and O–H groups in total. The first-order valence-electron chi connectivity index (χ1n) is 7.59. The smallest absolute Gasteiger partial charge is 0.125 e. The Morgan fingerprint density at radius 3 is 2.91 bits per heavy atom. The van der Waals surface area contributed by atoms with Gasteiger partial charge in [-0.1, -0.05) is 23.9 Å². The first-order valence-corrected chi connectivity index (χ1v) is 7.59. The Morgan fingerprint density at radius 1 is 1.43 bits per heavy atom. The van der Waals surface area contributed by atoms with E-state index >= 15 is 0 Å². The summed E-state index contributed by atoms with van der Waals surface area (Å²) in [6.07, 6.45) is 3.97. The molecule has 0 saturated heterocycles. The first-order chi connectivity index (χ1) is 10.9. The Balaban J connectivity index is 1.82. The lowest BCUT2D eigenvalue weighted by molar-refractivity contribution is 0.106. The Labute approximate surface area is 137 Å². The Bertz CT molecular complexity index is 650. The van der Waals surface area contributed by atoms with Gasteiger partial charge in [0.1, 0.15) is 17.0 Å². The average molecular weight is 316 g/mol. The number of hydrogen-bond acceptors (Lipinski definition) is 5. The molecule has 0 amide bonds. The van der Waals surface area contributed by atoms with Gasteiger partial charge in [-0.15, -0.1) is 5.10 Å². The molecule has 2 aromatic rings. The quantitative estimate of drug-likeness (QED) is 0.597. The van der Waals surface area contributed by atoms with Crippen LogP contribution in [0, 0.1) is 0 Å². The maximum Gasteiger partial charge on any atom is 0.125 e. The van der Waals surface area contributed by atoms with E-state index in [1.807, 2.05) is 43.3 Å². The predicted octanol–water partition coefficient (Wildman–Crippen LogP) is 2.21. The van der Waals surface area contributed by atoms with Crippen LogP contribution >= 0.6 is 0 Å². The molecule has 1 unspecified atom stereocenters. The highest BCUT2D eigenvalue weighted by Crippen LogP contribution is 2.20. The number of benzene rings is 1. The molecule has 0 aliphatic carbocycles. The van der Waals surface area contributed by atoms with E-state index in [4.69, 9.17) is 4.74 Å². The molecule has 0 fully saturated rings. The van der Waals surface area contributed by atoms with Crippen molar-refractivity contribution in [3.63, 3.8) is 0 Å². The number of anilines is 1. The maximum atomic E-state index is 10.0. The van der Waals surface area contributed by atoms with Crippen molar-refractivity contribution in [2.45, 2.75) is 25.5 Å². The molecule has 0 radical (unpaired) electrons. The second-order valence-corrected chi connectivity index (χ2v) is 5.81. The number of nitrogens with zero attached hydrogens (tertiary/aromatic N) is 4.